The summed E-state index contributed by atoms with van der Waals surface area (Å²) in [6.45, 7) is -0.492. The van der Waals surface area contributed by atoms with Gasteiger partial charge in [0.15, 0.2) is 17.5 Å². The van der Waals surface area contributed by atoms with Crippen molar-refractivity contribution in [2.24, 2.45) is 0 Å². The number of carbonyl (C=O) groups excluding carboxylic acids is 2. The third-order valence-electron chi connectivity index (χ3n) is 3.10. The zero-order chi connectivity index (χ0) is 18.2. The van der Waals surface area contributed by atoms with E-state index in [9.17, 15) is 22.8 Å². The number of nitrogens with one attached hydrogen (secondary N) is 2. The van der Waals surface area contributed by atoms with E-state index in [1.807, 2.05) is 35.6 Å². The van der Waals surface area contributed by atoms with Crippen molar-refractivity contribution < 1.29 is 27.5 Å². The van der Waals surface area contributed by atoms with E-state index in [2.05, 4.69) is 5.32 Å². The average molecular weight is 352 g/mol. The predicted octanol–water partition coefficient (Wildman–Crippen LogP) is 2.38. The molecule has 0 heterocycles. The molecule has 2 aromatic carbocycles. The lowest BCUT2D eigenvalue weighted by Crippen LogP contribution is -2.35. The fourth-order valence-corrected chi connectivity index (χ4v) is 1.88. The minimum Gasteiger partial charge on any atom is -0.367 e. The molecule has 0 saturated heterocycles. The molecule has 2 amide bonds. The molecule has 0 aliphatic heterocycles. The fourth-order valence-electron chi connectivity index (χ4n) is 1.88. The first kappa shape index (κ1) is 18.5. The lowest BCUT2D eigenvalue weighted by atomic mass is 10.2. The van der Waals surface area contributed by atoms with Gasteiger partial charge in [-0.2, -0.15) is 0 Å². The summed E-state index contributed by atoms with van der Waals surface area (Å²) < 4.78 is 44.4. The number of hydrogen-bond acceptors (Lipinski definition) is 3. The molecule has 2 N–H and O–H groups in total. The van der Waals surface area contributed by atoms with Crippen LogP contribution in [0.3, 0.4) is 0 Å². The van der Waals surface area contributed by atoms with Gasteiger partial charge >= 0.3 is 0 Å². The van der Waals surface area contributed by atoms with E-state index >= 15 is 0 Å². The fraction of sp³-hybridized carbons (Fsp3) is 0.176. The summed E-state index contributed by atoms with van der Waals surface area (Å²) in [6, 6.07) is 10.8. The Hall–Kier alpha value is -2.87. The normalized spacial score (nSPS) is 10.4. The van der Waals surface area contributed by atoms with Crippen molar-refractivity contribution >= 4 is 17.5 Å². The first-order chi connectivity index (χ1) is 12.0. The van der Waals surface area contributed by atoms with Gasteiger partial charge in [0, 0.05) is 0 Å². The zero-order valence-electron chi connectivity index (χ0n) is 13.0. The van der Waals surface area contributed by atoms with Gasteiger partial charge in [-0.1, -0.05) is 30.3 Å². The monoisotopic (exact) mass is 352 g/mol. The molecule has 0 aliphatic rings. The SMILES string of the molecule is O=C(COCc1ccccc1)NCC(=O)Nc1ccc(F)c(F)c1F. The molecule has 0 aromatic heterocycles. The van der Waals surface area contributed by atoms with E-state index in [0.717, 1.165) is 11.6 Å². The number of anilines is 1. The van der Waals surface area contributed by atoms with Gasteiger partial charge in [-0.3, -0.25) is 9.59 Å². The summed E-state index contributed by atoms with van der Waals surface area (Å²) in [5, 5.41) is 4.31. The predicted molar refractivity (Wildman–Crippen MR) is 84.1 cm³/mol. The van der Waals surface area contributed by atoms with E-state index in [1.165, 1.54) is 0 Å². The van der Waals surface area contributed by atoms with Gasteiger partial charge in [0.2, 0.25) is 11.8 Å². The Balaban J connectivity index is 1.72. The average Bonchev–Trinajstić information content (AvgIpc) is 2.61. The molecule has 2 rings (SSSR count). The molecule has 25 heavy (non-hydrogen) atoms. The van der Waals surface area contributed by atoms with E-state index in [-0.39, 0.29) is 13.2 Å². The van der Waals surface area contributed by atoms with E-state index in [1.54, 1.807) is 0 Å². The van der Waals surface area contributed by atoms with Gasteiger partial charge in [-0.15, -0.1) is 0 Å². The molecular weight excluding hydrogens is 337 g/mol. The molecule has 0 bridgehead atoms. The Morgan fingerprint density at radius 3 is 2.36 bits per heavy atom. The van der Waals surface area contributed by atoms with Crippen LogP contribution < -0.4 is 10.6 Å². The largest absolute Gasteiger partial charge is 0.367 e. The Bertz CT molecular complexity index is 754. The third-order valence-corrected chi connectivity index (χ3v) is 3.10. The molecule has 0 saturated carbocycles. The van der Waals surface area contributed by atoms with Crippen LogP contribution in [0.25, 0.3) is 0 Å². The molecule has 132 valence electrons. The minimum atomic E-state index is -1.68. The molecule has 2 aromatic rings. The van der Waals surface area contributed by atoms with Gasteiger partial charge in [-0.05, 0) is 17.7 Å². The van der Waals surface area contributed by atoms with Crippen LogP contribution in [0.4, 0.5) is 18.9 Å². The quantitative estimate of drug-likeness (QED) is 0.752. The van der Waals surface area contributed by atoms with Gasteiger partial charge < -0.3 is 15.4 Å². The number of ether oxygens (including phenoxy) is 1. The molecule has 5 nitrogen and oxygen atoms in total. The second-order valence-corrected chi connectivity index (χ2v) is 5.03. The van der Waals surface area contributed by atoms with Gasteiger partial charge in [0.05, 0.1) is 18.8 Å². The molecule has 0 radical (unpaired) electrons. The van der Waals surface area contributed by atoms with Crippen LogP contribution in [0.1, 0.15) is 5.56 Å². The summed E-state index contributed by atoms with van der Waals surface area (Å²) in [7, 11) is 0. The summed E-state index contributed by atoms with van der Waals surface area (Å²) in [6.07, 6.45) is 0. The summed E-state index contributed by atoms with van der Waals surface area (Å²) >= 11 is 0. The van der Waals surface area contributed by atoms with Crippen LogP contribution in [-0.2, 0) is 20.9 Å². The van der Waals surface area contributed by atoms with Crippen LogP contribution in [0.5, 0.6) is 0 Å². The standard InChI is InChI=1S/C17H15F3N2O3/c18-12-6-7-13(17(20)16(12)19)22-14(23)8-21-15(24)10-25-9-11-4-2-1-3-5-11/h1-7H,8-10H2,(H,21,24)(H,22,23). The van der Waals surface area contributed by atoms with Gasteiger partial charge in [-0.25, -0.2) is 13.2 Å². The highest BCUT2D eigenvalue weighted by Crippen LogP contribution is 2.19. The van der Waals surface area contributed by atoms with Crippen molar-refractivity contribution in [3.8, 4) is 0 Å². The summed E-state index contributed by atoms with van der Waals surface area (Å²) in [4.78, 5) is 23.2. The van der Waals surface area contributed by atoms with E-state index in [0.29, 0.717) is 6.07 Å². The maximum Gasteiger partial charge on any atom is 0.246 e. The first-order valence-electron chi connectivity index (χ1n) is 7.29. The number of benzene rings is 2. The molecule has 0 spiro atoms. The molecule has 0 aliphatic carbocycles. The van der Waals surface area contributed by atoms with Gasteiger partial charge in [0.25, 0.3) is 0 Å². The number of hydrogen-bond donors (Lipinski definition) is 2. The van der Waals surface area contributed by atoms with Crippen LogP contribution in [0.15, 0.2) is 42.5 Å². The Morgan fingerprint density at radius 1 is 0.920 bits per heavy atom. The highest BCUT2D eigenvalue weighted by molar-refractivity contribution is 5.94. The minimum absolute atomic E-state index is 0.237. The maximum atomic E-state index is 13.4. The molecular formula is C17H15F3N2O3. The van der Waals surface area contributed by atoms with Crippen LogP contribution in [-0.4, -0.2) is 25.0 Å². The molecule has 0 fully saturated rings. The van der Waals surface area contributed by atoms with Gasteiger partial charge in [0.1, 0.15) is 6.61 Å². The molecule has 0 unspecified atom stereocenters. The lowest BCUT2D eigenvalue weighted by Gasteiger charge is -2.09. The number of halogens is 3. The summed E-state index contributed by atoms with van der Waals surface area (Å²) in [5.41, 5.74) is 0.375. The smallest absolute Gasteiger partial charge is 0.246 e. The second kappa shape index (κ2) is 8.84. The third kappa shape index (κ3) is 5.61. The van der Waals surface area contributed by atoms with E-state index < -0.39 is 41.5 Å². The maximum absolute atomic E-state index is 13.4. The molecule has 0 atom stereocenters. The summed E-state index contributed by atoms with van der Waals surface area (Å²) in [5.74, 6) is -5.89. The van der Waals surface area contributed by atoms with Crippen LogP contribution in [0, 0.1) is 17.5 Å². The van der Waals surface area contributed by atoms with Crippen LogP contribution >= 0.6 is 0 Å². The Labute approximate surface area is 141 Å². The number of carbonyl (C=O) groups is 2. The number of amides is 2. The second-order valence-electron chi connectivity index (χ2n) is 5.03. The lowest BCUT2D eigenvalue weighted by molar-refractivity contribution is -0.128. The first-order valence-corrected chi connectivity index (χ1v) is 7.29. The number of rotatable bonds is 7. The highest BCUT2D eigenvalue weighted by atomic mass is 19.2. The van der Waals surface area contributed by atoms with E-state index in [4.69, 9.17) is 4.74 Å². The van der Waals surface area contributed by atoms with Crippen molar-refractivity contribution in [3.63, 3.8) is 0 Å². The topological polar surface area (TPSA) is 67.4 Å². The van der Waals surface area contributed by atoms with Crippen molar-refractivity contribution in [1.29, 1.82) is 0 Å². The highest BCUT2D eigenvalue weighted by Gasteiger charge is 2.15. The van der Waals surface area contributed by atoms with Crippen molar-refractivity contribution in [3.05, 3.63) is 65.5 Å². The van der Waals surface area contributed by atoms with Crippen LogP contribution in [0.2, 0.25) is 0 Å². The van der Waals surface area contributed by atoms with Crippen molar-refractivity contribution in [1.82, 2.24) is 5.32 Å². The zero-order valence-corrected chi connectivity index (χ0v) is 13.0. The molecule has 8 heteroatoms. The Morgan fingerprint density at radius 2 is 1.64 bits per heavy atom. The Kier molecular flexibility index (Phi) is 6.53. The van der Waals surface area contributed by atoms with Crippen molar-refractivity contribution in [2.75, 3.05) is 18.5 Å². The van der Waals surface area contributed by atoms with Crippen molar-refractivity contribution in [2.45, 2.75) is 6.61 Å².